The van der Waals surface area contributed by atoms with Crippen LogP contribution in [0.2, 0.25) is 5.02 Å². The van der Waals surface area contributed by atoms with Gasteiger partial charge in [0.05, 0.1) is 21.2 Å². The van der Waals surface area contributed by atoms with Crippen molar-refractivity contribution in [1.29, 1.82) is 0 Å². The molecule has 110 valence electrons. The van der Waals surface area contributed by atoms with Crippen LogP contribution in [0.1, 0.15) is 16.1 Å². The number of sulfonamides is 1. The largest absolute Gasteiger partial charge is 0.321 e. The predicted molar refractivity (Wildman–Crippen MR) is 79.8 cm³/mol. The Morgan fingerprint density at radius 1 is 1.33 bits per heavy atom. The molecular weight excluding hydrogens is 314 g/mol. The number of rotatable bonds is 3. The maximum Gasteiger partial charge on any atom is 0.257 e. The standard InChI is InChI=1S/C13H12ClN3O3S/c1-8-10(3-2-6-16-8)13(18)17-12-5-4-9(7-11(12)14)21(15,19)20/h2-7H,1H3,(H,17,18)(H2,15,19,20). The predicted octanol–water partition coefficient (Wildman–Crippen LogP) is 1.94. The minimum atomic E-state index is -3.84. The van der Waals surface area contributed by atoms with Crippen molar-refractivity contribution in [1.82, 2.24) is 4.98 Å². The van der Waals surface area contributed by atoms with Gasteiger partial charge in [-0.2, -0.15) is 0 Å². The average molecular weight is 326 g/mol. The summed E-state index contributed by atoms with van der Waals surface area (Å²) in [4.78, 5) is 16.0. The molecule has 0 saturated carbocycles. The van der Waals surface area contributed by atoms with Gasteiger partial charge < -0.3 is 5.32 Å². The number of nitrogens with zero attached hydrogens (tertiary/aromatic N) is 1. The lowest BCUT2D eigenvalue weighted by Crippen LogP contribution is -2.15. The maximum atomic E-state index is 12.1. The van der Waals surface area contributed by atoms with Crippen LogP contribution in [0.15, 0.2) is 41.4 Å². The normalized spacial score (nSPS) is 11.2. The number of hydrogen-bond acceptors (Lipinski definition) is 4. The number of amides is 1. The van der Waals surface area contributed by atoms with Crippen LogP contribution < -0.4 is 10.5 Å². The van der Waals surface area contributed by atoms with E-state index in [2.05, 4.69) is 10.3 Å². The topological polar surface area (TPSA) is 102 Å². The van der Waals surface area contributed by atoms with Gasteiger partial charge in [0, 0.05) is 11.9 Å². The molecule has 0 aliphatic heterocycles. The van der Waals surface area contributed by atoms with Crippen LogP contribution >= 0.6 is 11.6 Å². The van der Waals surface area contributed by atoms with Gasteiger partial charge >= 0.3 is 0 Å². The second-order valence-electron chi connectivity index (χ2n) is 4.28. The van der Waals surface area contributed by atoms with Gasteiger partial charge in [-0.05, 0) is 37.3 Å². The third-order valence-corrected chi connectivity index (χ3v) is 3.99. The minimum Gasteiger partial charge on any atom is -0.321 e. The molecule has 0 fully saturated rings. The van der Waals surface area contributed by atoms with Crippen molar-refractivity contribution >= 4 is 33.2 Å². The first-order valence-electron chi connectivity index (χ1n) is 5.84. The van der Waals surface area contributed by atoms with Crippen LogP contribution in [-0.2, 0) is 10.0 Å². The average Bonchev–Trinajstić information content (AvgIpc) is 2.40. The van der Waals surface area contributed by atoms with Crippen LogP contribution in [0.5, 0.6) is 0 Å². The second kappa shape index (κ2) is 5.80. The Kier molecular flexibility index (Phi) is 4.26. The summed E-state index contributed by atoms with van der Waals surface area (Å²) in [5.41, 5.74) is 1.27. The highest BCUT2D eigenvalue weighted by atomic mass is 35.5. The number of nitrogens with two attached hydrogens (primary N) is 1. The third-order valence-electron chi connectivity index (χ3n) is 2.77. The lowest BCUT2D eigenvalue weighted by Gasteiger charge is -2.09. The van der Waals surface area contributed by atoms with Crippen molar-refractivity contribution < 1.29 is 13.2 Å². The molecule has 2 aromatic rings. The number of primary sulfonamides is 1. The summed E-state index contributed by atoms with van der Waals surface area (Å²) in [7, 11) is -3.84. The van der Waals surface area contributed by atoms with E-state index in [9.17, 15) is 13.2 Å². The Hall–Kier alpha value is -1.96. The zero-order valence-corrected chi connectivity index (χ0v) is 12.6. The highest BCUT2D eigenvalue weighted by Gasteiger charge is 2.14. The zero-order chi connectivity index (χ0) is 15.6. The summed E-state index contributed by atoms with van der Waals surface area (Å²) in [5, 5.41) is 7.69. The van der Waals surface area contributed by atoms with Crippen LogP contribution in [0.3, 0.4) is 0 Å². The highest BCUT2D eigenvalue weighted by Crippen LogP contribution is 2.25. The van der Waals surface area contributed by atoms with Crippen LogP contribution in [0.4, 0.5) is 5.69 Å². The number of carbonyl (C=O) groups is 1. The molecule has 0 unspecified atom stereocenters. The van der Waals surface area contributed by atoms with E-state index in [0.29, 0.717) is 11.3 Å². The fourth-order valence-corrected chi connectivity index (χ4v) is 2.52. The number of benzene rings is 1. The first kappa shape index (κ1) is 15.4. The molecule has 0 bridgehead atoms. The van der Waals surface area contributed by atoms with Crippen molar-refractivity contribution in [2.24, 2.45) is 5.14 Å². The van der Waals surface area contributed by atoms with Gasteiger partial charge in [-0.3, -0.25) is 9.78 Å². The maximum absolute atomic E-state index is 12.1. The van der Waals surface area contributed by atoms with Gasteiger partial charge in [0.15, 0.2) is 0 Å². The Bertz CT molecular complexity index is 806. The molecule has 6 nitrogen and oxygen atoms in total. The molecule has 0 atom stereocenters. The fourth-order valence-electron chi connectivity index (χ4n) is 1.69. The summed E-state index contributed by atoms with van der Waals surface area (Å²) >= 11 is 5.96. The van der Waals surface area contributed by atoms with E-state index >= 15 is 0 Å². The summed E-state index contributed by atoms with van der Waals surface area (Å²) in [6.07, 6.45) is 1.58. The number of aryl methyl sites for hydroxylation is 1. The van der Waals surface area contributed by atoms with Gasteiger partial charge in [-0.1, -0.05) is 11.6 Å². The lowest BCUT2D eigenvalue weighted by atomic mass is 10.2. The summed E-state index contributed by atoms with van der Waals surface area (Å²) < 4.78 is 22.4. The smallest absolute Gasteiger partial charge is 0.257 e. The molecule has 8 heteroatoms. The quantitative estimate of drug-likeness (QED) is 0.900. The lowest BCUT2D eigenvalue weighted by molar-refractivity contribution is 0.102. The molecule has 1 aromatic carbocycles. The summed E-state index contributed by atoms with van der Waals surface area (Å²) in [6.45, 7) is 1.71. The third kappa shape index (κ3) is 3.57. The molecule has 0 saturated heterocycles. The molecule has 0 spiro atoms. The van der Waals surface area contributed by atoms with Crippen molar-refractivity contribution in [3.8, 4) is 0 Å². The second-order valence-corrected chi connectivity index (χ2v) is 6.25. The van der Waals surface area contributed by atoms with E-state index in [1.54, 1.807) is 25.3 Å². The van der Waals surface area contributed by atoms with Crippen LogP contribution in [-0.4, -0.2) is 19.3 Å². The van der Waals surface area contributed by atoms with Crippen molar-refractivity contribution in [3.05, 3.63) is 52.8 Å². The molecular formula is C13H12ClN3O3S. The van der Waals surface area contributed by atoms with Crippen molar-refractivity contribution in [3.63, 3.8) is 0 Å². The number of halogens is 1. The molecule has 21 heavy (non-hydrogen) atoms. The Morgan fingerprint density at radius 3 is 2.62 bits per heavy atom. The molecule has 0 aliphatic rings. The number of pyridine rings is 1. The molecule has 0 radical (unpaired) electrons. The fraction of sp³-hybridized carbons (Fsp3) is 0.0769. The van der Waals surface area contributed by atoms with Crippen LogP contribution in [0, 0.1) is 6.92 Å². The first-order valence-corrected chi connectivity index (χ1v) is 7.77. The molecule has 2 rings (SSSR count). The van der Waals surface area contributed by atoms with E-state index in [0.717, 1.165) is 0 Å². The highest BCUT2D eigenvalue weighted by molar-refractivity contribution is 7.89. The zero-order valence-electron chi connectivity index (χ0n) is 11.0. The van der Waals surface area contributed by atoms with E-state index < -0.39 is 10.0 Å². The summed E-state index contributed by atoms with van der Waals surface area (Å²) in [6, 6.07) is 7.11. The SMILES string of the molecule is Cc1ncccc1C(=O)Nc1ccc(S(N)(=O)=O)cc1Cl. The number of aromatic nitrogens is 1. The molecule has 3 N–H and O–H groups in total. The number of carbonyl (C=O) groups excluding carboxylic acids is 1. The molecule has 1 aromatic heterocycles. The Morgan fingerprint density at radius 2 is 2.05 bits per heavy atom. The number of nitrogens with one attached hydrogen (secondary N) is 1. The van der Waals surface area contributed by atoms with Gasteiger partial charge in [-0.25, -0.2) is 13.6 Å². The molecule has 0 aliphatic carbocycles. The van der Waals surface area contributed by atoms with Crippen molar-refractivity contribution in [2.75, 3.05) is 5.32 Å². The Labute approximate surface area is 127 Å². The number of anilines is 1. The minimum absolute atomic E-state index is 0.0800. The van der Waals surface area contributed by atoms with Gasteiger partial charge in [-0.15, -0.1) is 0 Å². The molecule has 1 amide bonds. The van der Waals surface area contributed by atoms with Gasteiger partial charge in [0.1, 0.15) is 0 Å². The summed E-state index contributed by atoms with van der Waals surface area (Å²) in [5.74, 6) is -0.383. The van der Waals surface area contributed by atoms with Gasteiger partial charge in [0.25, 0.3) is 5.91 Å². The van der Waals surface area contributed by atoms with E-state index in [1.807, 2.05) is 0 Å². The Balaban J connectivity index is 2.29. The van der Waals surface area contributed by atoms with Crippen LogP contribution in [0.25, 0.3) is 0 Å². The van der Waals surface area contributed by atoms with E-state index in [1.165, 1.54) is 18.2 Å². The first-order chi connectivity index (χ1) is 9.79. The van der Waals surface area contributed by atoms with E-state index in [-0.39, 0.29) is 21.5 Å². The van der Waals surface area contributed by atoms with Crippen molar-refractivity contribution in [2.45, 2.75) is 11.8 Å². The molecule has 1 heterocycles. The monoisotopic (exact) mass is 325 g/mol. The van der Waals surface area contributed by atoms with E-state index in [4.69, 9.17) is 16.7 Å². The van der Waals surface area contributed by atoms with Gasteiger partial charge in [0.2, 0.25) is 10.0 Å². The number of hydrogen-bond donors (Lipinski definition) is 2.